The second-order valence-electron chi connectivity index (χ2n) is 6.51. The van der Waals surface area contributed by atoms with Crippen LogP contribution in [-0.2, 0) is 4.79 Å². The van der Waals surface area contributed by atoms with E-state index in [4.69, 9.17) is 0 Å². The first-order valence-corrected chi connectivity index (χ1v) is 7.46. The van der Waals surface area contributed by atoms with Gasteiger partial charge < -0.3 is 5.32 Å². The Bertz CT molecular complexity index is 378. The molecule has 3 saturated carbocycles. The number of rotatable bonds is 2. The van der Waals surface area contributed by atoms with Crippen LogP contribution in [0.5, 0.6) is 0 Å². The standard InChI is InChI=1S/C15H22N2O/c16-10-15(6-2-1-3-7-15)14(18)17-13-9-11-4-5-12(13)8-11/h11-13H,1-9H2,(H,17,18). The van der Waals surface area contributed by atoms with Gasteiger partial charge in [-0.05, 0) is 43.9 Å². The number of hydrogen-bond acceptors (Lipinski definition) is 2. The van der Waals surface area contributed by atoms with Crippen molar-refractivity contribution in [2.75, 3.05) is 0 Å². The van der Waals surface area contributed by atoms with Crippen LogP contribution in [0.1, 0.15) is 57.8 Å². The molecule has 0 aromatic carbocycles. The summed E-state index contributed by atoms with van der Waals surface area (Å²) in [6.45, 7) is 0. The van der Waals surface area contributed by atoms with Gasteiger partial charge in [-0.1, -0.05) is 25.7 Å². The lowest BCUT2D eigenvalue weighted by Gasteiger charge is -2.32. The van der Waals surface area contributed by atoms with E-state index in [1.807, 2.05) is 0 Å². The molecule has 98 valence electrons. The second-order valence-corrected chi connectivity index (χ2v) is 6.51. The Morgan fingerprint density at radius 1 is 1.17 bits per heavy atom. The Labute approximate surface area is 109 Å². The molecule has 0 heterocycles. The smallest absolute Gasteiger partial charge is 0.240 e. The van der Waals surface area contributed by atoms with Gasteiger partial charge >= 0.3 is 0 Å². The van der Waals surface area contributed by atoms with Gasteiger partial charge in [0.1, 0.15) is 5.41 Å². The van der Waals surface area contributed by atoms with Gasteiger partial charge in [0.25, 0.3) is 0 Å². The number of nitrogens with one attached hydrogen (secondary N) is 1. The van der Waals surface area contributed by atoms with Gasteiger partial charge in [0.05, 0.1) is 6.07 Å². The molecule has 1 amide bonds. The molecular formula is C15H22N2O. The largest absolute Gasteiger partial charge is 0.352 e. The lowest BCUT2D eigenvalue weighted by atomic mass is 9.74. The van der Waals surface area contributed by atoms with Crippen molar-refractivity contribution in [2.45, 2.75) is 63.8 Å². The van der Waals surface area contributed by atoms with E-state index in [0.717, 1.165) is 38.0 Å². The number of nitrogens with zero attached hydrogens (tertiary/aromatic N) is 1. The molecule has 3 rings (SSSR count). The summed E-state index contributed by atoms with van der Waals surface area (Å²) in [4.78, 5) is 12.4. The van der Waals surface area contributed by atoms with E-state index in [1.165, 1.54) is 25.7 Å². The van der Waals surface area contributed by atoms with Crippen molar-refractivity contribution in [3.05, 3.63) is 0 Å². The third-order valence-electron chi connectivity index (χ3n) is 5.41. The molecule has 3 aliphatic rings. The normalized spacial score (nSPS) is 37.2. The molecule has 3 nitrogen and oxygen atoms in total. The number of amides is 1. The number of carbonyl (C=O) groups excluding carboxylic acids is 1. The second kappa shape index (κ2) is 4.57. The minimum Gasteiger partial charge on any atom is -0.352 e. The lowest BCUT2D eigenvalue weighted by molar-refractivity contribution is -0.130. The van der Waals surface area contributed by atoms with Crippen molar-refractivity contribution in [3.63, 3.8) is 0 Å². The zero-order valence-electron chi connectivity index (χ0n) is 11.0. The SMILES string of the molecule is N#CC1(C(=O)NC2CC3CCC2C3)CCCCC1. The first-order chi connectivity index (χ1) is 8.73. The molecule has 0 aromatic rings. The van der Waals surface area contributed by atoms with Crippen LogP contribution in [0, 0.1) is 28.6 Å². The fourth-order valence-electron chi connectivity index (χ4n) is 4.27. The third-order valence-corrected chi connectivity index (χ3v) is 5.41. The molecule has 0 radical (unpaired) electrons. The molecule has 3 unspecified atom stereocenters. The molecule has 0 saturated heterocycles. The minimum atomic E-state index is -0.708. The van der Waals surface area contributed by atoms with Gasteiger partial charge in [0, 0.05) is 6.04 Å². The molecule has 3 atom stereocenters. The summed E-state index contributed by atoms with van der Waals surface area (Å²) in [7, 11) is 0. The fraction of sp³-hybridized carbons (Fsp3) is 0.867. The highest BCUT2D eigenvalue weighted by molar-refractivity contribution is 5.85. The summed E-state index contributed by atoms with van der Waals surface area (Å²) in [5, 5.41) is 12.6. The van der Waals surface area contributed by atoms with Crippen LogP contribution >= 0.6 is 0 Å². The maximum absolute atomic E-state index is 12.4. The highest BCUT2D eigenvalue weighted by Gasteiger charge is 2.45. The van der Waals surface area contributed by atoms with Gasteiger partial charge in [0.2, 0.25) is 5.91 Å². The van der Waals surface area contributed by atoms with Crippen molar-refractivity contribution in [3.8, 4) is 6.07 Å². The van der Waals surface area contributed by atoms with Crippen molar-refractivity contribution in [2.24, 2.45) is 17.3 Å². The zero-order valence-corrected chi connectivity index (χ0v) is 11.0. The van der Waals surface area contributed by atoms with Gasteiger partial charge in [0.15, 0.2) is 0 Å². The Morgan fingerprint density at radius 3 is 2.50 bits per heavy atom. The van der Waals surface area contributed by atoms with Crippen LogP contribution in [0.25, 0.3) is 0 Å². The molecule has 3 fully saturated rings. The van der Waals surface area contributed by atoms with E-state index in [-0.39, 0.29) is 5.91 Å². The summed E-state index contributed by atoms with van der Waals surface area (Å²) in [6, 6.07) is 2.69. The average molecular weight is 246 g/mol. The Kier molecular flexibility index (Phi) is 3.05. The number of hydrogen-bond donors (Lipinski definition) is 1. The maximum Gasteiger partial charge on any atom is 0.240 e. The van der Waals surface area contributed by atoms with Crippen molar-refractivity contribution >= 4 is 5.91 Å². The lowest BCUT2D eigenvalue weighted by Crippen LogP contribution is -2.47. The highest BCUT2D eigenvalue weighted by atomic mass is 16.2. The van der Waals surface area contributed by atoms with Crippen molar-refractivity contribution in [1.29, 1.82) is 5.26 Å². The Morgan fingerprint density at radius 2 is 1.94 bits per heavy atom. The summed E-state index contributed by atoms with van der Waals surface area (Å²) in [5.41, 5.74) is -0.708. The highest BCUT2D eigenvalue weighted by Crippen LogP contribution is 2.45. The molecule has 3 aliphatic carbocycles. The predicted molar refractivity (Wildman–Crippen MR) is 68.5 cm³/mol. The van der Waals surface area contributed by atoms with Gasteiger partial charge in [-0.2, -0.15) is 5.26 Å². The van der Waals surface area contributed by atoms with Crippen LogP contribution in [0.4, 0.5) is 0 Å². The molecular weight excluding hydrogens is 224 g/mol. The van der Waals surface area contributed by atoms with Crippen LogP contribution in [0.2, 0.25) is 0 Å². The molecule has 18 heavy (non-hydrogen) atoms. The number of fused-ring (bicyclic) bond motifs is 2. The Balaban J connectivity index is 1.65. The monoisotopic (exact) mass is 246 g/mol. The molecule has 0 aromatic heterocycles. The summed E-state index contributed by atoms with van der Waals surface area (Å²) in [5.74, 6) is 1.56. The van der Waals surface area contributed by atoms with Gasteiger partial charge in [-0.3, -0.25) is 4.79 Å². The van der Waals surface area contributed by atoms with E-state index >= 15 is 0 Å². The molecule has 0 aliphatic heterocycles. The first kappa shape index (κ1) is 12.0. The van der Waals surface area contributed by atoms with E-state index in [9.17, 15) is 10.1 Å². The van der Waals surface area contributed by atoms with Crippen molar-refractivity contribution < 1.29 is 4.79 Å². The van der Waals surface area contributed by atoms with Gasteiger partial charge in [-0.15, -0.1) is 0 Å². The van der Waals surface area contributed by atoms with E-state index < -0.39 is 5.41 Å². The third kappa shape index (κ3) is 1.92. The summed E-state index contributed by atoms with van der Waals surface area (Å²) < 4.78 is 0. The van der Waals surface area contributed by atoms with E-state index in [0.29, 0.717) is 12.0 Å². The topological polar surface area (TPSA) is 52.9 Å². The quantitative estimate of drug-likeness (QED) is 0.814. The van der Waals surface area contributed by atoms with E-state index in [2.05, 4.69) is 11.4 Å². The Hall–Kier alpha value is -1.04. The van der Waals surface area contributed by atoms with Crippen LogP contribution in [0.3, 0.4) is 0 Å². The van der Waals surface area contributed by atoms with Crippen molar-refractivity contribution in [1.82, 2.24) is 5.32 Å². The first-order valence-electron chi connectivity index (χ1n) is 7.46. The van der Waals surface area contributed by atoms with E-state index in [1.54, 1.807) is 0 Å². The predicted octanol–water partition coefficient (Wildman–Crippen LogP) is 2.77. The molecule has 1 N–H and O–H groups in total. The average Bonchev–Trinajstić information content (AvgIpc) is 3.01. The molecule has 2 bridgehead atoms. The van der Waals surface area contributed by atoms with Crippen LogP contribution in [0.15, 0.2) is 0 Å². The molecule has 3 heteroatoms. The molecule has 0 spiro atoms. The summed E-state index contributed by atoms with van der Waals surface area (Å²) >= 11 is 0. The minimum absolute atomic E-state index is 0.0299. The zero-order chi connectivity index (χ0) is 12.6. The van der Waals surface area contributed by atoms with Crippen LogP contribution < -0.4 is 5.32 Å². The summed E-state index contributed by atoms with van der Waals surface area (Å²) in [6.07, 6.45) is 9.81. The van der Waals surface area contributed by atoms with Crippen LogP contribution in [-0.4, -0.2) is 11.9 Å². The maximum atomic E-state index is 12.4. The number of nitriles is 1. The number of carbonyl (C=O) groups is 1. The van der Waals surface area contributed by atoms with Gasteiger partial charge in [-0.25, -0.2) is 0 Å². The fourth-order valence-corrected chi connectivity index (χ4v) is 4.27.